The average Bonchev–Trinajstić information content (AvgIpc) is 2.02. The zero-order valence-electron chi connectivity index (χ0n) is 9.13. The van der Waals surface area contributed by atoms with E-state index >= 15 is 0 Å². The fraction of sp³-hybridized carbons (Fsp3) is 0.909. The fourth-order valence-corrected chi connectivity index (χ4v) is 0.814. The average molecular weight is 220 g/mol. The van der Waals surface area contributed by atoms with Crippen molar-refractivity contribution < 1.29 is 9.53 Å². The second-order valence-corrected chi connectivity index (χ2v) is 3.52. The van der Waals surface area contributed by atoms with E-state index in [-0.39, 0.29) is 32.9 Å². The molecule has 0 rings (SSSR count). The van der Waals surface area contributed by atoms with Gasteiger partial charge in [-0.05, 0) is 20.8 Å². The van der Waals surface area contributed by atoms with Crippen LogP contribution in [-0.4, -0.2) is 43.8 Å². The molecule has 0 aliphatic heterocycles. The maximum absolute atomic E-state index is 11.3. The molecule has 0 heterocycles. The number of rotatable bonds is 5. The molecule has 0 aliphatic rings. The maximum atomic E-state index is 11.3. The topological polar surface area (TPSA) is 41.6 Å². The summed E-state index contributed by atoms with van der Waals surface area (Å²) in [6.45, 7) is 6.16. The molecule has 15 heavy (non-hydrogen) atoms. The van der Waals surface area contributed by atoms with Crippen LogP contribution >= 0.6 is 0 Å². The van der Waals surface area contributed by atoms with Gasteiger partial charge in [-0.25, -0.2) is 0 Å². The third-order valence-corrected chi connectivity index (χ3v) is 1.62. The van der Waals surface area contributed by atoms with Crippen LogP contribution in [0, 0.1) is 0 Å². The largest absolute Gasteiger partial charge is 0.364 e. The first-order valence-corrected chi connectivity index (χ1v) is 4.51. The van der Waals surface area contributed by atoms with Gasteiger partial charge in [0.15, 0.2) is 0 Å². The molecule has 0 aromatic carbocycles. The number of likely N-dealkylation sites (N-methyl/N-ethyl adjacent to an activating group) is 1. The zero-order chi connectivity index (χ0) is 10.4. The molecule has 0 saturated carbocycles. The van der Waals surface area contributed by atoms with Crippen molar-refractivity contribution in [3.05, 3.63) is 0 Å². The van der Waals surface area contributed by atoms with Gasteiger partial charge in [0, 0.05) is 14.1 Å². The molecule has 1 N–H and O–H groups in total. The van der Waals surface area contributed by atoms with E-state index < -0.39 is 0 Å². The second-order valence-electron chi connectivity index (χ2n) is 3.52. The van der Waals surface area contributed by atoms with Gasteiger partial charge in [0.1, 0.15) is 0 Å². The van der Waals surface area contributed by atoms with Crippen LogP contribution in [0.3, 0.4) is 0 Å². The Kier molecular flexibility index (Phi) is 13.2. The van der Waals surface area contributed by atoms with Gasteiger partial charge >= 0.3 is 0 Å². The first-order chi connectivity index (χ1) is 5.95. The number of nitrogens with one attached hydrogen (secondary N) is 1. The van der Waals surface area contributed by atoms with E-state index in [1.807, 2.05) is 20.8 Å². The third-order valence-electron chi connectivity index (χ3n) is 1.62. The smallest absolute Gasteiger partial charge is 0.238 e. The van der Waals surface area contributed by atoms with Crippen LogP contribution in [0.2, 0.25) is 0 Å². The van der Waals surface area contributed by atoms with Crippen LogP contribution in [0.15, 0.2) is 0 Å². The standard InChI is InChI=1S/C9H20N2O2.2CH4/c1-7(2)13-6-10-8(3)9(12)11(4)5;;/h7-8,10H,6H2,1-5H3;2*1H4. The van der Waals surface area contributed by atoms with Crippen LogP contribution in [0.5, 0.6) is 0 Å². The van der Waals surface area contributed by atoms with Gasteiger partial charge in [-0.1, -0.05) is 14.9 Å². The Morgan fingerprint density at radius 2 is 1.73 bits per heavy atom. The molecule has 0 fully saturated rings. The predicted octanol–water partition coefficient (Wildman–Crippen LogP) is 1.71. The predicted molar refractivity (Wildman–Crippen MR) is 65.8 cm³/mol. The first kappa shape index (κ1) is 19.9. The minimum absolute atomic E-state index is 0. The van der Waals surface area contributed by atoms with Gasteiger partial charge in [0.05, 0.1) is 18.9 Å². The molecule has 0 aromatic heterocycles. The number of nitrogens with zero attached hydrogens (tertiary/aromatic N) is 1. The summed E-state index contributed by atoms with van der Waals surface area (Å²) in [6.07, 6.45) is 0.189. The highest BCUT2D eigenvalue weighted by Crippen LogP contribution is 1.90. The van der Waals surface area contributed by atoms with Crippen molar-refractivity contribution >= 4 is 5.91 Å². The lowest BCUT2D eigenvalue weighted by atomic mass is 10.3. The Balaban J connectivity index is -0.000000720. The zero-order valence-corrected chi connectivity index (χ0v) is 9.13. The van der Waals surface area contributed by atoms with Crippen molar-refractivity contribution in [1.29, 1.82) is 0 Å². The van der Waals surface area contributed by atoms with Crippen molar-refractivity contribution in [2.24, 2.45) is 0 Å². The van der Waals surface area contributed by atoms with E-state index in [1.54, 1.807) is 19.0 Å². The molecule has 4 heteroatoms. The van der Waals surface area contributed by atoms with Crippen molar-refractivity contribution in [3.63, 3.8) is 0 Å². The summed E-state index contributed by atoms with van der Waals surface area (Å²) in [4.78, 5) is 12.9. The molecule has 0 bridgehead atoms. The normalized spacial score (nSPS) is 11.3. The summed E-state index contributed by atoms with van der Waals surface area (Å²) in [6, 6.07) is -0.186. The highest BCUT2D eigenvalue weighted by molar-refractivity contribution is 5.80. The molecule has 0 saturated heterocycles. The van der Waals surface area contributed by atoms with Gasteiger partial charge in [0.2, 0.25) is 5.91 Å². The fourth-order valence-electron chi connectivity index (χ4n) is 0.814. The summed E-state index contributed by atoms with van der Waals surface area (Å²) >= 11 is 0. The van der Waals surface area contributed by atoms with E-state index in [0.717, 1.165) is 0 Å². The lowest BCUT2D eigenvalue weighted by Crippen LogP contribution is -2.42. The monoisotopic (exact) mass is 220 g/mol. The van der Waals surface area contributed by atoms with Crippen LogP contribution in [0.1, 0.15) is 35.6 Å². The van der Waals surface area contributed by atoms with Crippen LogP contribution in [0.25, 0.3) is 0 Å². The quantitative estimate of drug-likeness (QED) is 0.717. The lowest BCUT2D eigenvalue weighted by molar-refractivity contribution is -0.131. The summed E-state index contributed by atoms with van der Waals surface area (Å²) < 4.78 is 5.26. The van der Waals surface area contributed by atoms with Gasteiger partial charge in [-0.2, -0.15) is 0 Å². The van der Waals surface area contributed by atoms with E-state index in [0.29, 0.717) is 6.73 Å². The Morgan fingerprint density at radius 3 is 2.07 bits per heavy atom. The molecular weight excluding hydrogens is 192 g/mol. The second kappa shape index (κ2) is 9.93. The molecular formula is C11H28N2O2. The van der Waals surface area contributed by atoms with Gasteiger partial charge in [-0.15, -0.1) is 0 Å². The number of carbonyl (C=O) groups excluding carboxylic acids is 1. The molecule has 0 aliphatic carbocycles. The molecule has 4 nitrogen and oxygen atoms in total. The van der Waals surface area contributed by atoms with E-state index in [1.165, 1.54) is 0 Å². The molecule has 1 atom stereocenters. The molecule has 1 amide bonds. The number of amides is 1. The van der Waals surface area contributed by atoms with E-state index in [9.17, 15) is 4.79 Å². The summed E-state index contributed by atoms with van der Waals surface area (Å²) in [7, 11) is 3.48. The molecule has 0 aromatic rings. The van der Waals surface area contributed by atoms with Gasteiger partial charge < -0.3 is 9.64 Å². The number of hydrogen-bond donors (Lipinski definition) is 1. The third kappa shape index (κ3) is 9.69. The Hall–Kier alpha value is -0.610. The van der Waals surface area contributed by atoms with Gasteiger partial charge in [-0.3, -0.25) is 10.1 Å². The Bertz CT molecular complexity index is 159. The van der Waals surface area contributed by atoms with Crippen molar-refractivity contribution in [2.75, 3.05) is 20.8 Å². The van der Waals surface area contributed by atoms with Crippen LogP contribution in [-0.2, 0) is 9.53 Å². The highest BCUT2D eigenvalue weighted by Gasteiger charge is 2.13. The van der Waals surface area contributed by atoms with E-state index in [4.69, 9.17) is 4.74 Å². The van der Waals surface area contributed by atoms with Crippen LogP contribution < -0.4 is 5.32 Å². The molecule has 0 spiro atoms. The Labute approximate surface area is 95.0 Å². The SMILES string of the molecule is C.C.CC(C)OCNC(C)C(=O)N(C)C. The maximum Gasteiger partial charge on any atom is 0.238 e. The molecule has 1 unspecified atom stereocenters. The number of ether oxygens (including phenoxy) is 1. The minimum Gasteiger partial charge on any atom is -0.364 e. The summed E-state index contributed by atoms with van der Waals surface area (Å²) in [5, 5.41) is 2.98. The van der Waals surface area contributed by atoms with Gasteiger partial charge in [0.25, 0.3) is 0 Å². The Morgan fingerprint density at radius 1 is 1.27 bits per heavy atom. The van der Waals surface area contributed by atoms with Crippen LogP contribution in [0.4, 0.5) is 0 Å². The minimum atomic E-state index is -0.186. The summed E-state index contributed by atoms with van der Waals surface area (Å²) in [5.74, 6) is 0.0624. The van der Waals surface area contributed by atoms with Crippen molar-refractivity contribution in [3.8, 4) is 0 Å². The van der Waals surface area contributed by atoms with E-state index in [2.05, 4.69) is 5.32 Å². The number of carbonyl (C=O) groups is 1. The molecule has 0 radical (unpaired) electrons. The molecule has 94 valence electrons. The lowest BCUT2D eigenvalue weighted by Gasteiger charge is -2.18. The van der Waals surface area contributed by atoms with Crippen molar-refractivity contribution in [1.82, 2.24) is 10.2 Å². The first-order valence-electron chi connectivity index (χ1n) is 4.51. The summed E-state index contributed by atoms with van der Waals surface area (Å²) in [5.41, 5.74) is 0. The highest BCUT2D eigenvalue weighted by atomic mass is 16.5. The number of hydrogen-bond acceptors (Lipinski definition) is 3. The van der Waals surface area contributed by atoms with Crippen molar-refractivity contribution in [2.45, 2.75) is 47.8 Å².